The molecule has 2 nitrogen and oxygen atoms in total. The van der Waals surface area contributed by atoms with E-state index in [1.807, 2.05) is 0 Å². The van der Waals surface area contributed by atoms with Crippen LogP contribution in [0.2, 0.25) is 0 Å². The van der Waals surface area contributed by atoms with Crippen LogP contribution in [0.3, 0.4) is 0 Å². The minimum absolute atomic E-state index is 0.0460. The Morgan fingerprint density at radius 1 is 1.05 bits per heavy atom. The van der Waals surface area contributed by atoms with Crippen molar-refractivity contribution in [2.24, 2.45) is 0 Å². The van der Waals surface area contributed by atoms with Crippen molar-refractivity contribution < 1.29 is 18.6 Å². The second-order valence-electron chi connectivity index (χ2n) is 4.36. The Bertz CT molecular complexity index is 576. The van der Waals surface area contributed by atoms with E-state index >= 15 is 0 Å². The summed E-state index contributed by atoms with van der Waals surface area (Å²) in [5.74, 6) is -0.873. The summed E-state index contributed by atoms with van der Waals surface area (Å²) >= 11 is 0. The average molecular weight is 264 g/mol. The molecular weight excluding hydrogens is 250 g/mol. The molecule has 0 aliphatic rings. The Hall–Kier alpha value is -1.94. The molecule has 0 spiro atoms. The lowest BCUT2D eigenvalue weighted by molar-refractivity contribution is 0.219. The fourth-order valence-electron chi connectivity index (χ4n) is 1.96. The number of hydrogen-bond donors (Lipinski definition) is 1. The molecule has 0 aliphatic carbocycles. The van der Waals surface area contributed by atoms with Crippen LogP contribution >= 0.6 is 0 Å². The zero-order valence-electron chi connectivity index (χ0n) is 10.7. The van der Waals surface area contributed by atoms with E-state index in [9.17, 15) is 13.9 Å². The van der Waals surface area contributed by atoms with Crippen molar-refractivity contribution in [2.45, 2.75) is 13.0 Å². The minimum Gasteiger partial charge on any atom is -0.494 e. The zero-order valence-corrected chi connectivity index (χ0v) is 10.7. The Morgan fingerprint density at radius 3 is 2.42 bits per heavy atom. The van der Waals surface area contributed by atoms with Gasteiger partial charge in [-0.3, -0.25) is 0 Å². The molecule has 100 valence electrons. The van der Waals surface area contributed by atoms with Crippen LogP contribution in [0, 0.1) is 18.6 Å². The molecule has 19 heavy (non-hydrogen) atoms. The molecule has 0 saturated heterocycles. The van der Waals surface area contributed by atoms with Crippen LogP contribution in [0.15, 0.2) is 36.4 Å². The lowest BCUT2D eigenvalue weighted by atomic mass is 9.99. The molecular formula is C15H14F2O2. The first-order chi connectivity index (χ1) is 9.01. The molecule has 0 bridgehead atoms. The van der Waals surface area contributed by atoms with Crippen LogP contribution in [0.1, 0.15) is 22.8 Å². The van der Waals surface area contributed by atoms with E-state index < -0.39 is 17.7 Å². The molecule has 1 unspecified atom stereocenters. The maximum atomic E-state index is 13.3. The van der Waals surface area contributed by atoms with Gasteiger partial charge in [-0.25, -0.2) is 8.78 Å². The standard InChI is InChI=1S/C15H14F2O2/c1-9-5-11(7-12(16)6-9)15(18)10-3-4-13(17)14(8-10)19-2/h3-8,15,18H,1-2H3. The number of methoxy groups -OCH3 is 1. The summed E-state index contributed by atoms with van der Waals surface area (Å²) in [6.07, 6.45) is -1.02. The van der Waals surface area contributed by atoms with Crippen LogP contribution in [-0.4, -0.2) is 12.2 Å². The molecule has 0 amide bonds. The van der Waals surface area contributed by atoms with E-state index in [4.69, 9.17) is 4.74 Å². The van der Waals surface area contributed by atoms with Crippen molar-refractivity contribution in [3.63, 3.8) is 0 Å². The van der Waals surface area contributed by atoms with Gasteiger partial charge in [0.05, 0.1) is 7.11 Å². The highest BCUT2D eigenvalue weighted by atomic mass is 19.1. The van der Waals surface area contributed by atoms with Gasteiger partial charge in [0.25, 0.3) is 0 Å². The van der Waals surface area contributed by atoms with Gasteiger partial charge < -0.3 is 9.84 Å². The third-order valence-electron chi connectivity index (χ3n) is 2.87. The second kappa shape index (κ2) is 5.36. The summed E-state index contributed by atoms with van der Waals surface area (Å²) in [5.41, 5.74) is 1.58. The molecule has 0 aliphatic heterocycles. The van der Waals surface area contributed by atoms with Crippen LogP contribution in [0.4, 0.5) is 8.78 Å². The van der Waals surface area contributed by atoms with Gasteiger partial charge in [0.2, 0.25) is 0 Å². The molecule has 0 heterocycles. The fraction of sp³-hybridized carbons (Fsp3) is 0.200. The smallest absolute Gasteiger partial charge is 0.165 e. The topological polar surface area (TPSA) is 29.5 Å². The number of benzene rings is 2. The van der Waals surface area contributed by atoms with Crippen LogP contribution < -0.4 is 4.74 Å². The van der Waals surface area contributed by atoms with Gasteiger partial charge in [-0.2, -0.15) is 0 Å². The molecule has 4 heteroatoms. The highest BCUT2D eigenvalue weighted by Gasteiger charge is 2.14. The van der Waals surface area contributed by atoms with Crippen LogP contribution in [0.5, 0.6) is 5.75 Å². The minimum atomic E-state index is -1.02. The molecule has 1 N–H and O–H groups in total. The van der Waals surface area contributed by atoms with Crippen molar-refractivity contribution in [3.05, 3.63) is 64.7 Å². The molecule has 0 radical (unpaired) electrons. The SMILES string of the molecule is COc1cc(C(O)c2cc(C)cc(F)c2)ccc1F. The van der Waals surface area contributed by atoms with Gasteiger partial charge in [-0.15, -0.1) is 0 Å². The Kier molecular flexibility index (Phi) is 3.81. The van der Waals surface area contributed by atoms with Gasteiger partial charge in [0.1, 0.15) is 11.9 Å². The lowest BCUT2D eigenvalue weighted by Gasteiger charge is -2.14. The number of aliphatic hydroxyl groups excluding tert-OH is 1. The first-order valence-corrected chi connectivity index (χ1v) is 5.80. The molecule has 0 aromatic heterocycles. The van der Waals surface area contributed by atoms with E-state index in [2.05, 4.69) is 0 Å². The van der Waals surface area contributed by atoms with E-state index in [0.717, 1.165) is 0 Å². The number of aliphatic hydroxyl groups is 1. The second-order valence-corrected chi connectivity index (χ2v) is 4.36. The van der Waals surface area contributed by atoms with E-state index in [1.54, 1.807) is 13.0 Å². The summed E-state index contributed by atoms with van der Waals surface area (Å²) in [7, 11) is 1.35. The number of hydrogen-bond acceptors (Lipinski definition) is 2. The maximum Gasteiger partial charge on any atom is 0.165 e. The third kappa shape index (κ3) is 2.90. The fourth-order valence-corrected chi connectivity index (χ4v) is 1.96. The van der Waals surface area contributed by atoms with Crippen LogP contribution in [0.25, 0.3) is 0 Å². The monoisotopic (exact) mass is 264 g/mol. The Labute approximate surface area is 110 Å². The normalized spacial score (nSPS) is 12.3. The number of aryl methyl sites for hydroxylation is 1. The maximum absolute atomic E-state index is 13.3. The molecule has 0 saturated carbocycles. The average Bonchev–Trinajstić information content (AvgIpc) is 2.37. The zero-order chi connectivity index (χ0) is 14.0. The molecule has 0 fully saturated rings. The summed E-state index contributed by atoms with van der Waals surface area (Å²) in [6.45, 7) is 1.74. The van der Waals surface area contributed by atoms with Crippen molar-refractivity contribution in [2.75, 3.05) is 7.11 Å². The number of rotatable bonds is 3. The highest BCUT2D eigenvalue weighted by molar-refractivity contribution is 5.37. The molecule has 2 aromatic rings. The third-order valence-corrected chi connectivity index (χ3v) is 2.87. The quantitative estimate of drug-likeness (QED) is 0.921. The Balaban J connectivity index is 2.40. The van der Waals surface area contributed by atoms with Crippen molar-refractivity contribution in [1.29, 1.82) is 0 Å². The van der Waals surface area contributed by atoms with Crippen LogP contribution in [-0.2, 0) is 0 Å². The van der Waals surface area contributed by atoms with Gasteiger partial charge >= 0.3 is 0 Å². The summed E-state index contributed by atoms with van der Waals surface area (Å²) in [5, 5.41) is 10.2. The first kappa shape index (κ1) is 13.5. The van der Waals surface area contributed by atoms with Gasteiger partial charge in [-0.05, 0) is 47.9 Å². The van der Waals surface area contributed by atoms with Gasteiger partial charge in [0.15, 0.2) is 11.6 Å². The Morgan fingerprint density at radius 2 is 1.79 bits per heavy atom. The molecule has 1 atom stereocenters. The summed E-state index contributed by atoms with van der Waals surface area (Å²) in [4.78, 5) is 0. The van der Waals surface area contributed by atoms with Gasteiger partial charge in [-0.1, -0.05) is 12.1 Å². The highest BCUT2D eigenvalue weighted by Crippen LogP contribution is 2.27. The van der Waals surface area contributed by atoms with E-state index in [-0.39, 0.29) is 5.75 Å². The largest absolute Gasteiger partial charge is 0.494 e. The van der Waals surface area contributed by atoms with Crippen molar-refractivity contribution in [1.82, 2.24) is 0 Å². The lowest BCUT2D eigenvalue weighted by Crippen LogP contribution is -2.02. The predicted octanol–water partition coefficient (Wildman–Crippen LogP) is 3.36. The number of ether oxygens (including phenoxy) is 1. The number of halogens is 2. The van der Waals surface area contributed by atoms with Crippen molar-refractivity contribution >= 4 is 0 Å². The van der Waals surface area contributed by atoms with E-state index in [1.165, 1.54) is 37.4 Å². The summed E-state index contributed by atoms with van der Waals surface area (Å²) < 4.78 is 31.5. The van der Waals surface area contributed by atoms with Crippen molar-refractivity contribution in [3.8, 4) is 5.75 Å². The summed E-state index contributed by atoms with van der Waals surface area (Å²) in [6, 6.07) is 8.38. The first-order valence-electron chi connectivity index (χ1n) is 5.80. The molecule has 2 rings (SSSR count). The van der Waals surface area contributed by atoms with Gasteiger partial charge in [0, 0.05) is 0 Å². The van der Waals surface area contributed by atoms with E-state index in [0.29, 0.717) is 16.7 Å². The molecule has 2 aromatic carbocycles. The predicted molar refractivity (Wildman–Crippen MR) is 68.2 cm³/mol.